The van der Waals surface area contributed by atoms with Crippen LogP contribution in [0.1, 0.15) is 19.4 Å². The number of hydrogen-bond donors (Lipinski definition) is 0. The van der Waals surface area contributed by atoms with Crippen molar-refractivity contribution < 1.29 is 24.2 Å². The average Bonchev–Trinajstić information content (AvgIpc) is 2.80. The molecule has 1 saturated heterocycles. The van der Waals surface area contributed by atoms with Crippen LogP contribution in [0.4, 0.5) is 0 Å². The van der Waals surface area contributed by atoms with Gasteiger partial charge in [0.25, 0.3) is 5.91 Å². The fourth-order valence-electron chi connectivity index (χ4n) is 2.07. The van der Waals surface area contributed by atoms with Gasteiger partial charge in [0.2, 0.25) is 0 Å². The average molecular weight is 380 g/mol. The first-order valence-corrected chi connectivity index (χ1v) is 8.80. The van der Waals surface area contributed by atoms with Gasteiger partial charge in [-0.3, -0.25) is 9.69 Å². The van der Waals surface area contributed by atoms with E-state index in [2.05, 4.69) is 0 Å². The third kappa shape index (κ3) is 4.96. The van der Waals surface area contributed by atoms with Crippen molar-refractivity contribution in [3.63, 3.8) is 0 Å². The van der Waals surface area contributed by atoms with Gasteiger partial charge in [0.15, 0.2) is 11.5 Å². The Balaban J connectivity index is 2.25. The summed E-state index contributed by atoms with van der Waals surface area (Å²) < 4.78 is 11.2. The predicted molar refractivity (Wildman–Crippen MR) is 98.2 cm³/mol. The highest BCUT2D eigenvalue weighted by atomic mass is 32.2. The Labute approximate surface area is 155 Å². The lowest BCUT2D eigenvalue weighted by Gasteiger charge is -2.14. The zero-order chi connectivity index (χ0) is 18.6. The summed E-state index contributed by atoms with van der Waals surface area (Å²) >= 11 is 6.11. The van der Waals surface area contributed by atoms with Crippen LogP contribution in [-0.2, 0) is 9.59 Å². The van der Waals surface area contributed by atoms with Crippen LogP contribution in [0.2, 0.25) is 0 Å². The molecule has 0 aromatic heterocycles. The van der Waals surface area contributed by atoms with Gasteiger partial charge in [-0.2, -0.15) is 0 Å². The molecule has 1 aromatic rings. The molecule has 1 aliphatic heterocycles. The molecule has 1 fully saturated rings. The summed E-state index contributed by atoms with van der Waals surface area (Å²) in [5, 5.41) is 10.7. The number of nitrogens with zero attached hydrogens (tertiary/aromatic N) is 1. The number of rotatable bonds is 7. The maximum Gasteiger partial charge on any atom is 0.266 e. The molecule has 1 heterocycles. The lowest BCUT2D eigenvalue weighted by molar-refractivity contribution is -0.305. The highest BCUT2D eigenvalue weighted by Gasteiger charge is 2.31. The number of carboxylic acid groups (broad SMARTS) is 1. The van der Waals surface area contributed by atoms with Crippen molar-refractivity contribution in [1.82, 2.24) is 4.90 Å². The summed E-state index contributed by atoms with van der Waals surface area (Å²) in [5.41, 5.74) is 0.730. The third-order valence-corrected chi connectivity index (χ3v) is 4.60. The molecular weight excluding hydrogens is 362 g/mol. The first-order valence-electron chi connectivity index (χ1n) is 7.58. The van der Waals surface area contributed by atoms with E-state index in [1.165, 1.54) is 0 Å². The minimum absolute atomic E-state index is 0.199. The second-order valence-electron chi connectivity index (χ2n) is 5.76. The topological polar surface area (TPSA) is 78.9 Å². The van der Waals surface area contributed by atoms with Gasteiger partial charge in [-0.25, -0.2) is 0 Å². The minimum Gasteiger partial charge on any atom is -0.548 e. The van der Waals surface area contributed by atoms with Crippen LogP contribution in [0, 0.1) is 5.92 Å². The van der Waals surface area contributed by atoms with E-state index >= 15 is 0 Å². The van der Waals surface area contributed by atoms with Crippen molar-refractivity contribution in [2.75, 3.05) is 20.3 Å². The Morgan fingerprint density at radius 3 is 2.72 bits per heavy atom. The van der Waals surface area contributed by atoms with Crippen molar-refractivity contribution >= 4 is 46.3 Å². The molecule has 0 unspecified atom stereocenters. The maximum atomic E-state index is 12.3. The number of aliphatic carboxylic acids is 1. The fraction of sp³-hybridized carbons (Fsp3) is 0.353. The Kier molecular flexibility index (Phi) is 6.44. The molecule has 134 valence electrons. The lowest BCUT2D eigenvalue weighted by atomic mass is 10.1. The number of amides is 1. The van der Waals surface area contributed by atoms with Crippen molar-refractivity contribution in [3.8, 4) is 11.5 Å². The van der Waals surface area contributed by atoms with Crippen LogP contribution in [0.3, 0.4) is 0 Å². The minimum atomic E-state index is -1.36. The number of carbonyl (C=O) groups excluding carboxylic acids is 2. The maximum absolute atomic E-state index is 12.3. The smallest absolute Gasteiger partial charge is 0.266 e. The molecular formula is C17H18NO5S2-. The number of benzene rings is 1. The van der Waals surface area contributed by atoms with E-state index in [4.69, 9.17) is 21.7 Å². The number of carbonyl (C=O) groups is 2. The highest BCUT2D eigenvalue weighted by Crippen LogP contribution is 2.34. The summed E-state index contributed by atoms with van der Waals surface area (Å²) in [7, 11) is 1.56. The molecule has 0 saturated carbocycles. The number of carboxylic acids is 1. The summed E-state index contributed by atoms with van der Waals surface area (Å²) in [5.74, 6) is -0.266. The Morgan fingerprint density at radius 1 is 1.40 bits per heavy atom. The second-order valence-corrected chi connectivity index (χ2v) is 7.43. The van der Waals surface area contributed by atoms with Gasteiger partial charge in [-0.1, -0.05) is 43.9 Å². The summed E-state index contributed by atoms with van der Waals surface area (Å²) in [6, 6.07) is 5.31. The van der Waals surface area contributed by atoms with E-state index in [1.54, 1.807) is 31.4 Å². The Morgan fingerprint density at radius 2 is 2.12 bits per heavy atom. The van der Waals surface area contributed by atoms with E-state index in [0.29, 0.717) is 28.9 Å². The Bertz CT molecular complexity index is 730. The molecule has 0 atom stereocenters. The molecule has 0 spiro atoms. The SMILES string of the molecule is COc1ccc(/C=C2\SC(=S)N(CC(=O)[O-])C2=O)cc1OCC(C)C. The molecule has 8 heteroatoms. The van der Waals surface area contributed by atoms with E-state index in [-0.39, 0.29) is 4.32 Å². The molecule has 0 bridgehead atoms. The van der Waals surface area contributed by atoms with Gasteiger partial charge in [0.1, 0.15) is 4.32 Å². The van der Waals surface area contributed by atoms with Crippen molar-refractivity contribution in [2.24, 2.45) is 5.92 Å². The number of ether oxygens (including phenoxy) is 2. The Hall–Kier alpha value is -2.06. The van der Waals surface area contributed by atoms with Gasteiger partial charge in [-0.05, 0) is 29.7 Å². The monoisotopic (exact) mass is 380 g/mol. The fourth-order valence-corrected chi connectivity index (χ4v) is 3.32. The van der Waals surface area contributed by atoms with E-state index < -0.39 is 18.4 Å². The molecule has 2 rings (SSSR count). The van der Waals surface area contributed by atoms with Gasteiger partial charge in [0, 0.05) is 0 Å². The van der Waals surface area contributed by atoms with E-state index in [1.807, 2.05) is 13.8 Å². The molecule has 6 nitrogen and oxygen atoms in total. The molecule has 0 aliphatic carbocycles. The molecule has 0 radical (unpaired) electrons. The normalized spacial score (nSPS) is 16.0. The third-order valence-electron chi connectivity index (χ3n) is 3.22. The van der Waals surface area contributed by atoms with Crippen LogP contribution in [0.15, 0.2) is 23.1 Å². The van der Waals surface area contributed by atoms with Crippen LogP contribution < -0.4 is 14.6 Å². The van der Waals surface area contributed by atoms with Gasteiger partial charge < -0.3 is 19.4 Å². The number of hydrogen-bond acceptors (Lipinski definition) is 7. The molecule has 1 amide bonds. The quantitative estimate of drug-likeness (QED) is 0.526. The van der Waals surface area contributed by atoms with Crippen LogP contribution >= 0.6 is 24.0 Å². The number of methoxy groups -OCH3 is 1. The molecule has 0 N–H and O–H groups in total. The second kappa shape index (κ2) is 8.35. The standard InChI is InChI=1S/C17H19NO5S2/c1-10(2)9-23-13-6-11(4-5-12(13)22-3)7-14-16(21)18(8-15(19)20)17(24)25-14/h4-7,10H,8-9H2,1-3H3,(H,19,20)/p-1/b14-7-. The van der Waals surface area contributed by atoms with Crippen LogP contribution in [0.25, 0.3) is 6.08 Å². The van der Waals surface area contributed by atoms with Crippen LogP contribution in [-0.4, -0.2) is 41.4 Å². The summed E-state index contributed by atoms with van der Waals surface area (Å²) in [6.07, 6.45) is 1.65. The lowest BCUT2D eigenvalue weighted by Crippen LogP contribution is -2.40. The first-order chi connectivity index (χ1) is 11.8. The zero-order valence-electron chi connectivity index (χ0n) is 14.1. The summed E-state index contributed by atoms with van der Waals surface area (Å²) in [4.78, 5) is 24.4. The highest BCUT2D eigenvalue weighted by molar-refractivity contribution is 8.26. The van der Waals surface area contributed by atoms with E-state index in [0.717, 1.165) is 22.2 Å². The first kappa shape index (κ1) is 19.3. The van der Waals surface area contributed by atoms with E-state index in [9.17, 15) is 14.7 Å². The predicted octanol–water partition coefficient (Wildman–Crippen LogP) is 1.68. The van der Waals surface area contributed by atoms with Crippen molar-refractivity contribution in [2.45, 2.75) is 13.8 Å². The molecule has 1 aromatic carbocycles. The molecule has 25 heavy (non-hydrogen) atoms. The van der Waals surface area contributed by atoms with Gasteiger partial charge >= 0.3 is 0 Å². The molecule has 1 aliphatic rings. The zero-order valence-corrected chi connectivity index (χ0v) is 15.7. The van der Waals surface area contributed by atoms with Gasteiger partial charge in [0.05, 0.1) is 31.1 Å². The van der Waals surface area contributed by atoms with Crippen molar-refractivity contribution in [3.05, 3.63) is 28.7 Å². The summed E-state index contributed by atoms with van der Waals surface area (Å²) in [6.45, 7) is 4.07. The van der Waals surface area contributed by atoms with Crippen LogP contribution in [0.5, 0.6) is 11.5 Å². The largest absolute Gasteiger partial charge is 0.548 e. The van der Waals surface area contributed by atoms with Crippen molar-refractivity contribution in [1.29, 1.82) is 0 Å². The number of thiocarbonyl (C=S) groups is 1. The van der Waals surface area contributed by atoms with Gasteiger partial charge in [-0.15, -0.1) is 0 Å². The number of thioether (sulfide) groups is 1.